The fourth-order valence-electron chi connectivity index (χ4n) is 2.41. The van der Waals surface area contributed by atoms with Crippen molar-refractivity contribution in [3.05, 3.63) is 53.6 Å². The zero-order valence-corrected chi connectivity index (χ0v) is 15.6. The summed E-state index contributed by atoms with van der Waals surface area (Å²) in [5, 5.41) is 2.75. The number of para-hydroxylation sites is 1. The van der Waals surface area contributed by atoms with Crippen molar-refractivity contribution in [3.63, 3.8) is 0 Å². The van der Waals surface area contributed by atoms with Crippen molar-refractivity contribution in [2.75, 3.05) is 29.5 Å². The second-order valence-corrected chi connectivity index (χ2v) is 7.71. The molecule has 7 heteroatoms. The van der Waals surface area contributed by atoms with Gasteiger partial charge in [0.1, 0.15) is 12.3 Å². The molecule has 134 valence electrons. The van der Waals surface area contributed by atoms with Crippen molar-refractivity contribution in [1.29, 1.82) is 0 Å². The lowest BCUT2D eigenvalue weighted by Gasteiger charge is -2.24. The molecule has 0 aromatic heterocycles. The number of nitrogens with zero attached hydrogens (tertiary/aromatic N) is 1. The van der Waals surface area contributed by atoms with Gasteiger partial charge in [-0.3, -0.25) is 9.10 Å². The molecule has 0 aliphatic heterocycles. The Kier molecular flexibility index (Phi) is 5.69. The molecule has 0 spiro atoms. The highest BCUT2D eigenvalue weighted by molar-refractivity contribution is 7.92. The van der Waals surface area contributed by atoms with E-state index in [0.717, 1.165) is 21.7 Å². The van der Waals surface area contributed by atoms with E-state index in [2.05, 4.69) is 5.32 Å². The van der Waals surface area contributed by atoms with Gasteiger partial charge in [-0.2, -0.15) is 0 Å². The lowest BCUT2D eigenvalue weighted by atomic mass is 10.2. The average Bonchev–Trinajstić information content (AvgIpc) is 2.54. The van der Waals surface area contributed by atoms with Crippen LogP contribution >= 0.6 is 0 Å². The number of anilines is 2. The van der Waals surface area contributed by atoms with Crippen LogP contribution in [-0.4, -0.2) is 34.2 Å². The van der Waals surface area contributed by atoms with E-state index in [4.69, 9.17) is 4.74 Å². The molecule has 0 aliphatic rings. The van der Waals surface area contributed by atoms with Crippen LogP contribution in [0.2, 0.25) is 0 Å². The number of carbonyl (C=O) groups excluding carboxylic acids is 1. The van der Waals surface area contributed by atoms with Gasteiger partial charge < -0.3 is 10.1 Å². The van der Waals surface area contributed by atoms with Crippen LogP contribution in [0.5, 0.6) is 5.75 Å². The summed E-state index contributed by atoms with van der Waals surface area (Å²) in [5.74, 6) is -0.0389. The summed E-state index contributed by atoms with van der Waals surface area (Å²) in [5.41, 5.74) is 2.75. The minimum atomic E-state index is -3.67. The number of ether oxygens (including phenoxy) is 1. The van der Waals surface area contributed by atoms with E-state index in [9.17, 15) is 13.2 Å². The molecule has 1 amide bonds. The predicted molar refractivity (Wildman–Crippen MR) is 99.7 cm³/mol. The molecule has 0 heterocycles. The molecule has 0 radical (unpaired) electrons. The Morgan fingerprint density at radius 2 is 1.84 bits per heavy atom. The highest BCUT2D eigenvalue weighted by atomic mass is 32.2. The van der Waals surface area contributed by atoms with Crippen LogP contribution in [0.4, 0.5) is 11.4 Å². The zero-order chi connectivity index (χ0) is 18.6. The summed E-state index contributed by atoms with van der Waals surface area (Å²) >= 11 is 0. The molecule has 0 saturated heterocycles. The third-order valence-corrected chi connectivity index (χ3v) is 4.84. The normalized spacial score (nSPS) is 11.0. The number of methoxy groups -OCH3 is 1. The van der Waals surface area contributed by atoms with E-state index >= 15 is 0 Å². The number of carbonyl (C=O) groups is 1. The standard InChI is InChI=1S/C18H22N2O4S/c1-13-9-10-17(24-3)16(11-13)20(25(4,22)23)12-18(21)19-15-8-6-5-7-14(15)2/h5-11H,12H2,1-4H3,(H,19,21). The highest BCUT2D eigenvalue weighted by Gasteiger charge is 2.24. The quantitative estimate of drug-likeness (QED) is 0.857. The monoisotopic (exact) mass is 362 g/mol. The van der Waals surface area contributed by atoms with E-state index < -0.39 is 15.9 Å². The Hall–Kier alpha value is -2.54. The van der Waals surface area contributed by atoms with E-state index in [1.807, 2.05) is 32.0 Å². The summed E-state index contributed by atoms with van der Waals surface area (Å²) in [6.45, 7) is 3.37. The third-order valence-electron chi connectivity index (χ3n) is 3.71. The van der Waals surface area contributed by atoms with Crippen LogP contribution in [0.1, 0.15) is 11.1 Å². The van der Waals surface area contributed by atoms with Crippen molar-refractivity contribution >= 4 is 27.3 Å². The van der Waals surface area contributed by atoms with Crippen molar-refractivity contribution in [2.24, 2.45) is 0 Å². The van der Waals surface area contributed by atoms with Crippen molar-refractivity contribution in [2.45, 2.75) is 13.8 Å². The maximum absolute atomic E-state index is 12.4. The molecule has 0 unspecified atom stereocenters. The summed E-state index contributed by atoms with van der Waals surface area (Å²) in [6, 6.07) is 12.5. The number of hydrogen-bond acceptors (Lipinski definition) is 4. The molecular formula is C18H22N2O4S. The average molecular weight is 362 g/mol. The van der Waals surface area contributed by atoms with Crippen molar-refractivity contribution in [3.8, 4) is 5.75 Å². The topological polar surface area (TPSA) is 75.7 Å². The summed E-state index contributed by atoms with van der Waals surface area (Å²) < 4.78 is 30.8. The fraction of sp³-hybridized carbons (Fsp3) is 0.278. The minimum Gasteiger partial charge on any atom is -0.495 e. The number of nitrogens with one attached hydrogen (secondary N) is 1. The van der Waals surface area contributed by atoms with E-state index in [0.29, 0.717) is 17.1 Å². The van der Waals surface area contributed by atoms with Gasteiger partial charge in [0.15, 0.2) is 0 Å². The molecule has 2 aromatic rings. The molecule has 0 atom stereocenters. The van der Waals surface area contributed by atoms with Gasteiger partial charge in [0.2, 0.25) is 15.9 Å². The fourth-order valence-corrected chi connectivity index (χ4v) is 3.26. The van der Waals surface area contributed by atoms with Crippen LogP contribution in [0, 0.1) is 13.8 Å². The molecule has 1 N–H and O–H groups in total. The third kappa shape index (κ3) is 4.73. The number of benzene rings is 2. The molecule has 0 saturated carbocycles. The minimum absolute atomic E-state index is 0.338. The zero-order valence-electron chi connectivity index (χ0n) is 14.7. The van der Waals surface area contributed by atoms with Gasteiger partial charge in [0.25, 0.3) is 0 Å². The molecule has 25 heavy (non-hydrogen) atoms. The van der Waals surface area contributed by atoms with E-state index in [-0.39, 0.29) is 6.54 Å². The largest absolute Gasteiger partial charge is 0.495 e. The second-order valence-electron chi connectivity index (χ2n) is 5.81. The molecule has 2 rings (SSSR count). The van der Waals surface area contributed by atoms with Crippen LogP contribution in [-0.2, 0) is 14.8 Å². The smallest absolute Gasteiger partial charge is 0.245 e. The SMILES string of the molecule is COc1ccc(C)cc1N(CC(=O)Nc1ccccc1C)S(C)(=O)=O. The van der Waals surface area contributed by atoms with Gasteiger partial charge in [-0.15, -0.1) is 0 Å². The number of sulfonamides is 1. The summed E-state index contributed by atoms with van der Waals surface area (Å²) in [6.07, 6.45) is 1.07. The highest BCUT2D eigenvalue weighted by Crippen LogP contribution is 2.31. The molecule has 0 aliphatic carbocycles. The Morgan fingerprint density at radius 3 is 2.44 bits per heavy atom. The van der Waals surface area contributed by atoms with Gasteiger partial charge in [-0.25, -0.2) is 8.42 Å². The first-order chi connectivity index (χ1) is 11.7. The molecular weight excluding hydrogens is 340 g/mol. The lowest BCUT2D eigenvalue weighted by molar-refractivity contribution is -0.114. The molecule has 6 nitrogen and oxygen atoms in total. The van der Waals surface area contributed by atoms with Crippen LogP contribution in [0.25, 0.3) is 0 Å². The number of hydrogen-bond donors (Lipinski definition) is 1. The summed E-state index contributed by atoms with van der Waals surface area (Å²) in [4.78, 5) is 12.4. The predicted octanol–water partition coefficient (Wildman–Crippen LogP) is 2.72. The van der Waals surface area contributed by atoms with Gasteiger partial charge in [-0.05, 0) is 43.2 Å². The first-order valence-corrected chi connectivity index (χ1v) is 9.55. The maximum Gasteiger partial charge on any atom is 0.245 e. The number of amides is 1. The van der Waals surface area contributed by atoms with E-state index in [1.54, 1.807) is 24.3 Å². The molecule has 0 fully saturated rings. The number of aryl methyl sites for hydroxylation is 2. The Bertz CT molecular complexity index is 878. The first-order valence-electron chi connectivity index (χ1n) is 7.70. The molecule has 0 bridgehead atoms. The Balaban J connectivity index is 2.32. The molecule has 2 aromatic carbocycles. The van der Waals surface area contributed by atoms with Crippen LogP contribution < -0.4 is 14.4 Å². The van der Waals surface area contributed by atoms with Gasteiger partial charge >= 0.3 is 0 Å². The Morgan fingerprint density at radius 1 is 1.16 bits per heavy atom. The second kappa shape index (κ2) is 7.57. The summed E-state index contributed by atoms with van der Waals surface area (Å²) in [7, 11) is -2.21. The number of rotatable bonds is 6. The van der Waals surface area contributed by atoms with Gasteiger partial charge in [-0.1, -0.05) is 24.3 Å². The van der Waals surface area contributed by atoms with Gasteiger partial charge in [0, 0.05) is 5.69 Å². The first kappa shape index (κ1) is 18.8. The lowest BCUT2D eigenvalue weighted by Crippen LogP contribution is -2.37. The van der Waals surface area contributed by atoms with Crippen LogP contribution in [0.3, 0.4) is 0 Å². The van der Waals surface area contributed by atoms with E-state index in [1.165, 1.54) is 7.11 Å². The maximum atomic E-state index is 12.4. The van der Waals surface area contributed by atoms with Gasteiger partial charge in [0.05, 0.1) is 19.1 Å². The van der Waals surface area contributed by atoms with Crippen molar-refractivity contribution < 1.29 is 17.9 Å². The van der Waals surface area contributed by atoms with Crippen LogP contribution in [0.15, 0.2) is 42.5 Å². The Labute approximate surface area is 148 Å². The van der Waals surface area contributed by atoms with Crippen molar-refractivity contribution in [1.82, 2.24) is 0 Å².